The van der Waals surface area contributed by atoms with E-state index in [1.54, 1.807) is 0 Å². The Hall–Kier alpha value is -1.61. The van der Waals surface area contributed by atoms with Gasteiger partial charge in [-0.15, -0.1) is 0 Å². The lowest BCUT2D eigenvalue weighted by atomic mass is 10.0. The lowest BCUT2D eigenvalue weighted by molar-refractivity contribution is 0.507. The molecule has 0 spiro atoms. The van der Waals surface area contributed by atoms with E-state index < -0.39 is 0 Å². The fraction of sp³-hybridized carbons (Fsp3) is 0.357. The first-order valence-electron chi connectivity index (χ1n) is 6.19. The lowest BCUT2D eigenvalue weighted by Gasteiger charge is -2.33. The van der Waals surface area contributed by atoms with Gasteiger partial charge in [0.1, 0.15) is 0 Å². The average molecular weight is 227 g/mol. The molecule has 1 fully saturated rings. The van der Waals surface area contributed by atoms with Crippen LogP contribution < -0.4 is 10.6 Å². The minimum Gasteiger partial charge on any atom is -0.368 e. The van der Waals surface area contributed by atoms with Crippen LogP contribution in [0.5, 0.6) is 0 Å². The standard InChI is InChI=1S/C14H17N3/c15-12-6-3-9-17(10-12)13-7-1-4-11-5-2-8-16-14(11)13/h1-2,4-5,7-8,12H,3,6,9-10,15H2/t12-/m0/s1. The molecule has 17 heavy (non-hydrogen) atoms. The second-order valence-electron chi connectivity index (χ2n) is 4.70. The topological polar surface area (TPSA) is 42.1 Å². The van der Waals surface area contributed by atoms with Gasteiger partial charge < -0.3 is 10.6 Å². The van der Waals surface area contributed by atoms with Gasteiger partial charge in [0.15, 0.2) is 0 Å². The van der Waals surface area contributed by atoms with Gasteiger partial charge in [-0.05, 0) is 25.0 Å². The van der Waals surface area contributed by atoms with Crippen molar-refractivity contribution < 1.29 is 0 Å². The minimum atomic E-state index is 0.294. The molecular weight excluding hydrogens is 210 g/mol. The summed E-state index contributed by atoms with van der Waals surface area (Å²) in [5.74, 6) is 0. The van der Waals surface area contributed by atoms with Crippen LogP contribution in [-0.4, -0.2) is 24.1 Å². The third-order valence-electron chi connectivity index (χ3n) is 3.41. The highest BCUT2D eigenvalue weighted by atomic mass is 15.2. The molecule has 1 saturated heterocycles. The summed E-state index contributed by atoms with van der Waals surface area (Å²) in [4.78, 5) is 6.86. The zero-order chi connectivity index (χ0) is 11.7. The normalized spacial score (nSPS) is 20.8. The molecule has 0 amide bonds. The quantitative estimate of drug-likeness (QED) is 0.811. The van der Waals surface area contributed by atoms with Gasteiger partial charge in [0, 0.05) is 30.7 Å². The van der Waals surface area contributed by atoms with Gasteiger partial charge in [0.2, 0.25) is 0 Å². The van der Waals surface area contributed by atoms with Gasteiger partial charge in [0.05, 0.1) is 11.2 Å². The summed E-state index contributed by atoms with van der Waals surface area (Å²) in [6, 6.07) is 10.7. The summed E-state index contributed by atoms with van der Waals surface area (Å²) < 4.78 is 0. The maximum Gasteiger partial charge on any atom is 0.0935 e. The van der Waals surface area contributed by atoms with Crippen LogP contribution in [0.3, 0.4) is 0 Å². The van der Waals surface area contributed by atoms with Crippen molar-refractivity contribution >= 4 is 16.6 Å². The molecule has 0 aliphatic carbocycles. The van der Waals surface area contributed by atoms with Crippen molar-refractivity contribution in [3.05, 3.63) is 36.5 Å². The van der Waals surface area contributed by atoms with Crippen molar-refractivity contribution in [2.24, 2.45) is 5.73 Å². The number of aromatic nitrogens is 1. The maximum absolute atomic E-state index is 6.04. The number of pyridine rings is 1. The molecule has 0 bridgehead atoms. The van der Waals surface area contributed by atoms with Gasteiger partial charge in [-0.1, -0.05) is 18.2 Å². The monoisotopic (exact) mass is 227 g/mol. The molecule has 1 aliphatic heterocycles. The molecule has 0 radical (unpaired) electrons. The maximum atomic E-state index is 6.04. The van der Waals surface area contributed by atoms with E-state index in [1.807, 2.05) is 12.3 Å². The predicted molar refractivity (Wildman–Crippen MR) is 71.2 cm³/mol. The first-order chi connectivity index (χ1) is 8.34. The Balaban J connectivity index is 2.04. The van der Waals surface area contributed by atoms with E-state index >= 15 is 0 Å². The van der Waals surface area contributed by atoms with Crippen LogP contribution in [0.1, 0.15) is 12.8 Å². The van der Waals surface area contributed by atoms with Crippen molar-refractivity contribution in [3.63, 3.8) is 0 Å². The number of hydrogen-bond donors (Lipinski definition) is 1. The molecule has 2 heterocycles. The summed E-state index contributed by atoms with van der Waals surface area (Å²) in [7, 11) is 0. The van der Waals surface area contributed by atoms with Crippen molar-refractivity contribution in [1.29, 1.82) is 0 Å². The van der Waals surface area contributed by atoms with Crippen molar-refractivity contribution in [3.8, 4) is 0 Å². The van der Waals surface area contributed by atoms with E-state index in [0.29, 0.717) is 6.04 Å². The number of para-hydroxylation sites is 1. The minimum absolute atomic E-state index is 0.294. The van der Waals surface area contributed by atoms with Crippen molar-refractivity contribution in [1.82, 2.24) is 4.98 Å². The van der Waals surface area contributed by atoms with Crippen LogP contribution >= 0.6 is 0 Å². The summed E-state index contributed by atoms with van der Waals surface area (Å²) in [5.41, 5.74) is 8.35. The van der Waals surface area contributed by atoms with Crippen LogP contribution in [0.2, 0.25) is 0 Å². The predicted octanol–water partition coefficient (Wildman–Crippen LogP) is 2.16. The van der Waals surface area contributed by atoms with Crippen LogP contribution in [0.15, 0.2) is 36.5 Å². The Bertz CT molecular complexity index is 518. The Labute approximate surface area is 101 Å². The Morgan fingerprint density at radius 3 is 3.00 bits per heavy atom. The van der Waals surface area contributed by atoms with Crippen LogP contribution in [0.4, 0.5) is 5.69 Å². The second kappa shape index (κ2) is 4.34. The fourth-order valence-corrected chi connectivity index (χ4v) is 2.57. The zero-order valence-electron chi connectivity index (χ0n) is 9.84. The number of hydrogen-bond acceptors (Lipinski definition) is 3. The van der Waals surface area contributed by atoms with E-state index in [2.05, 4.69) is 34.1 Å². The molecule has 1 atom stereocenters. The molecule has 2 N–H and O–H groups in total. The first kappa shape index (κ1) is 10.5. The Morgan fingerprint density at radius 1 is 1.24 bits per heavy atom. The largest absolute Gasteiger partial charge is 0.368 e. The highest BCUT2D eigenvalue weighted by Crippen LogP contribution is 2.26. The summed E-state index contributed by atoms with van der Waals surface area (Å²) >= 11 is 0. The summed E-state index contributed by atoms with van der Waals surface area (Å²) in [5, 5.41) is 1.20. The molecular formula is C14H17N3. The number of piperidine rings is 1. The first-order valence-corrected chi connectivity index (χ1v) is 6.19. The van der Waals surface area contributed by atoms with Gasteiger partial charge in [-0.2, -0.15) is 0 Å². The van der Waals surface area contributed by atoms with Crippen LogP contribution in [0.25, 0.3) is 10.9 Å². The zero-order valence-corrected chi connectivity index (χ0v) is 9.84. The molecule has 1 aromatic carbocycles. The average Bonchev–Trinajstić information content (AvgIpc) is 2.38. The smallest absolute Gasteiger partial charge is 0.0935 e. The number of nitrogens with two attached hydrogens (primary N) is 1. The molecule has 0 saturated carbocycles. The number of fused-ring (bicyclic) bond motifs is 1. The van der Waals surface area contributed by atoms with E-state index in [-0.39, 0.29) is 0 Å². The van der Waals surface area contributed by atoms with Gasteiger partial charge >= 0.3 is 0 Å². The Kier molecular flexibility index (Phi) is 2.69. The second-order valence-corrected chi connectivity index (χ2v) is 4.70. The molecule has 1 aromatic heterocycles. The van der Waals surface area contributed by atoms with Crippen molar-refractivity contribution in [2.45, 2.75) is 18.9 Å². The molecule has 0 unspecified atom stereocenters. The number of anilines is 1. The highest BCUT2D eigenvalue weighted by Gasteiger charge is 2.18. The molecule has 88 valence electrons. The highest BCUT2D eigenvalue weighted by molar-refractivity contribution is 5.90. The van der Waals surface area contributed by atoms with Gasteiger partial charge in [-0.25, -0.2) is 0 Å². The lowest BCUT2D eigenvalue weighted by Crippen LogP contribution is -2.42. The van der Waals surface area contributed by atoms with E-state index in [4.69, 9.17) is 5.73 Å². The summed E-state index contributed by atoms with van der Waals surface area (Å²) in [6.45, 7) is 2.03. The molecule has 2 aromatic rings. The Morgan fingerprint density at radius 2 is 2.12 bits per heavy atom. The number of nitrogens with zero attached hydrogens (tertiary/aromatic N) is 2. The SMILES string of the molecule is N[C@H]1CCCN(c2cccc3cccnc23)C1. The van der Waals surface area contributed by atoms with Gasteiger partial charge in [-0.3, -0.25) is 4.98 Å². The molecule has 3 heteroatoms. The molecule has 3 rings (SSSR count). The number of rotatable bonds is 1. The fourth-order valence-electron chi connectivity index (χ4n) is 2.57. The van der Waals surface area contributed by atoms with Crippen LogP contribution in [0, 0.1) is 0 Å². The van der Waals surface area contributed by atoms with E-state index in [9.17, 15) is 0 Å². The van der Waals surface area contributed by atoms with Crippen LogP contribution in [-0.2, 0) is 0 Å². The molecule has 1 aliphatic rings. The van der Waals surface area contributed by atoms with E-state index in [1.165, 1.54) is 17.5 Å². The third-order valence-corrected chi connectivity index (χ3v) is 3.41. The number of benzene rings is 1. The van der Waals surface area contributed by atoms with Crippen molar-refractivity contribution in [2.75, 3.05) is 18.0 Å². The van der Waals surface area contributed by atoms with Gasteiger partial charge in [0.25, 0.3) is 0 Å². The summed E-state index contributed by atoms with van der Waals surface area (Å²) in [6.07, 6.45) is 4.16. The molecule has 3 nitrogen and oxygen atoms in total. The van der Waals surface area contributed by atoms with E-state index in [0.717, 1.165) is 25.0 Å². The third kappa shape index (κ3) is 1.98.